The highest BCUT2D eigenvalue weighted by Crippen LogP contribution is 2.31. The summed E-state index contributed by atoms with van der Waals surface area (Å²) in [6.45, 7) is 6.17. The number of amides is 1. The van der Waals surface area contributed by atoms with Crippen molar-refractivity contribution in [1.29, 1.82) is 0 Å². The highest BCUT2D eigenvalue weighted by atomic mass is 32.1. The third-order valence-electron chi connectivity index (χ3n) is 6.08. The molecule has 1 aromatic heterocycles. The Labute approximate surface area is 210 Å². The fourth-order valence-corrected chi connectivity index (χ4v) is 4.28. The molecule has 1 fully saturated rings. The Hall–Kier alpha value is -3.21. The van der Waals surface area contributed by atoms with Crippen LogP contribution < -0.4 is 14.8 Å². The Morgan fingerprint density at radius 3 is 2.49 bits per heavy atom. The van der Waals surface area contributed by atoms with E-state index in [1.54, 1.807) is 18.9 Å². The first-order valence-corrected chi connectivity index (χ1v) is 12.0. The van der Waals surface area contributed by atoms with Gasteiger partial charge in [0.1, 0.15) is 0 Å². The van der Waals surface area contributed by atoms with Crippen molar-refractivity contribution >= 4 is 23.8 Å². The maximum atomic E-state index is 12.6. The van der Waals surface area contributed by atoms with Gasteiger partial charge in [-0.05, 0) is 48.5 Å². The average molecular weight is 498 g/mol. The summed E-state index contributed by atoms with van der Waals surface area (Å²) in [5, 5.41) is 7.62. The third kappa shape index (κ3) is 6.08. The predicted octanol–water partition coefficient (Wildman–Crippen LogP) is 3.67. The SMILES string of the molecule is CCc1ccccc1NC(=O)CN1CCN(Cn2nc(-c3ccc(OC)c(OC)c3)oc2=S)CC1. The summed E-state index contributed by atoms with van der Waals surface area (Å²) >= 11 is 5.40. The van der Waals surface area contributed by atoms with Crippen molar-refractivity contribution in [2.45, 2.75) is 20.0 Å². The van der Waals surface area contributed by atoms with Crippen molar-refractivity contribution in [3.05, 3.63) is 52.9 Å². The normalized spacial score (nSPS) is 14.6. The molecule has 1 aliphatic rings. The molecule has 35 heavy (non-hydrogen) atoms. The zero-order valence-corrected chi connectivity index (χ0v) is 21.1. The number of methoxy groups -OCH3 is 2. The fraction of sp³-hybridized carbons (Fsp3) is 0.400. The highest BCUT2D eigenvalue weighted by Gasteiger charge is 2.21. The number of piperazine rings is 1. The highest BCUT2D eigenvalue weighted by molar-refractivity contribution is 7.71. The lowest BCUT2D eigenvalue weighted by molar-refractivity contribution is -0.117. The van der Waals surface area contributed by atoms with Crippen LogP contribution in [0.1, 0.15) is 12.5 Å². The second-order valence-corrected chi connectivity index (χ2v) is 8.69. The quantitative estimate of drug-likeness (QED) is 0.449. The van der Waals surface area contributed by atoms with Crippen molar-refractivity contribution in [2.24, 2.45) is 0 Å². The van der Waals surface area contributed by atoms with Gasteiger partial charge in [-0.1, -0.05) is 25.1 Å². The van der Waals surface area contributed by atoms with Crippen molar-refractivity contribution in [2.75, 3.05) is 52.3 Å². The van der Waals surface area contributed by atoms with Gasteiger partial charge < -0.3 is 19.2 Å². The first-order valence-electron chi connectivity index (χ1n) is 11.6. The summed E-state index contributed by atoms with van der Waals surface area (Å²) < 4.78 is 18.1. The summed E-state index contributed by atoms with van der Waals surface area (Å²) in [6.07, 6.45) is 0.882. The Morgan fingerprint density at radius 2 is 1.77 bits per heavy atom. The lowest BCUT2D eigenvalue weighted by Crippen LogP contribution is -2.49. The van der Waals surface area contributed by atoms with E-state index in [1.807, 2.05) is 42.5 Å². The number of carbonyl (C=O) groups is 1. The van der Waals surface area contributed by atoms with Crippen LogP contribution in [0.3, 0.4) is 0 Å². The number of carbonyl (C=O) groups excluding carboxylic acids is 1. The number of benzene rings is 2. The van der Waals surface area contributed by atoms with Gasteiger partial charge in [0.25, 0.3) is 4.84 Å². The first-order chi connectivity index (χ1) is 17.0. The van der Waals surface area contributed by atoms with Crippen molar-refractivity contribution < 1.29 is 18.7 Å². The molecular weight excluding hydrogens is 466 g/mol. The monoisotopic (exact) mass is 497 g/mol. The molecule has 3 aromatic rings. The van der Waals surface area contributed by atoms with Crippen LogP contribution in [-0.2, 0) is 17.9 Å². The molecule has 2 aromatic carbocycles. The van der Waals surface area contributed by atoms with Gasteiger partial charge in [-0.25, -0.2) is 4.68 Å². The number of para-hydroxylation sites is 1. The van der Waals surface area contributed by atoms with Gasteiger partial charge >= 0.3 is 0 Å². The lowest BCUT2D eigenvalue weighted by atomic mass is 10.1. The molecule has 0 bridgehead atoms. The van der Waals surface area contributed by atoms with Crippen LogP contribution in [-0.4, -0.2) is 72.4 Å². The van der Waals surface area contributed by atoms with Crippen molar-refractivity contribution in [1.82, 2.24) is 19.6 Å². The Kier molecular flexibility index (Phi) is 8.17. The second kappa shape index (κ2) is 11.5. The van der Waals surface area contributed by atoms with E-state index in [0.717, 1.165) is 49.4 Å². The number of hydrogen-bond acceptors (Lipinski definition) is 8. The number of rotatable bonds is 9. The van der Waals surface area contributed by atoms with E-state index >= 15 is 0 Å². The molecule has 1 saturated heterocycles. The molecule has 186 valence electrons. The maximum absolute atomic E-state index is 12.6. The molecule has 0 aliphatic carbocycles. The summed E-state index contributed by atoms with van der Waals surface area (Å²) in [5.41, 5.74) is 2.79. The molecule has 9 nitrogen and oxygen atoms in total. The molecule has 2 heterocycles. The van der Waals surface area contributed by atoms with E-state index in [-0.39, 0.29) is 5.91 Å². The van der Waals surface area contributed by atoms with Gasteiger partial charge in [-0.3, -0.25) is 14.6 Å². The summed E-state index contributed by atoms with van der Waals surface area (Å²) in [4.78, 5) is 17.3. The molecule has 0 saturated carbocycles. The van der Waals surface area contributed by atoms with Gasteiger partial charge in [0.05, 0.1) is 27.4 Å². The molecule has 0 atom stereocenters. The molecule has 4 rings (SSSR count). The molecular formula is C25H31N5O4S. The molecule has 1 amide bonds. The smallest absolute Gasteiger partial charge is 0.288 e. The minimum atomic E-state index is 0.0117. The number of hydrogen-bond donors (Lipinski definition) is 1. The van der Waals surface area contributed by atoms with E-state index < -0.39 is 0 Å². The summed E-state index contributed by atoms with van der Waals surface area (Å²) in [7, 11) is 3.18. The third-order valence-corrected chi connectivity index (χ3v) is 6.37. The van der Waals surface area contributed by atoms with Gasteiger partial charge in [0, 0.05) is 37.4 Å². The summed E-state index contributed by atoms with van der Waals surface area (Å²) in [6, 6.07) is 13.4. The van der Waals surface area contributed by atoms with Crippen LogP contribution >= 0.6 is 12.2 Å². The number of ether oxygens (including phenoxy) is 2. The first kappa shape index (κ1) is 24.9. The molecule has 10 heteroatoms. The zero-order valence-electron chi connectivity index (χ0n) is 20.3. The van der Waals surface area contributed by atoms with E-state index in [4.69, 9.17) is 26.1 Å². The Morgan fingerprint density at radius 1 is 1.06 bits per heavy atom. The maximum Gasteiger partial charge on any atom is 0.288 e. The van der Waals surface area contributed by atoms with E-state index in [0.29, 0.717) is 35.4 Å². The Balaban J connectivity index is 1.31. The number of anilines is 1. The van der Waals surface area contributed by atoms with Crippen LogP contribution in [0, 0.1) is 4.84 Å². The van der Waals surface area contributed by atoms with Gasteiger partial charge in [-0.2, -0.15) is 0 Å². The summed E-state index contributed by atoms with van der Waals surface area (Å²) in [5.74, 6) is 1.67. The predicted molar refractivity (Wildman–Crippen MR) is 136 cm³/mol. The van der Waals surface area contributed by atoms with Crippen molar-refractivity contribution in [3.8, 4) is 23.0 Å². The van der Waals surface area contributed by atoms with Gasteiger partial charge in [0.2, 0.25) is 11.8 Å². The number of nitrogens with one attached hydrogen (secondary N) is 1. The van der Waals surface area contributed by atoms with Crippen LogP contribution in [0.15, 0.2) is 46.9 Å². The van der Waals surface area contributed by atoms with Crippen LogP contribution in [0.5, 0.6) is 11.5 Å². The van der Waals surface area contributed by atoms with Crippen LogP contribution in [0.25, 0.3) is 11.5 Å². The number of aryl methyl sites for hydroxylation is 1. The van der Waals surface area contributed by atoms with Gasteiger partial charge in [-0.15, -0.1) is 5.10 Å². The molecule has 0 radical (unpaired) electrons. The second-order valence-electron chi connectivity index (χ2n) is 8.34. The van der Waals surface area contributed by atoms with E-state index in [1.165, 1.54) is 0 Å². The van der Waals surface area contributed by atoms with Crippen LogP contribution in [0.2, 0.25) is 0 Å². The standard InChI is InChI=1S/C25H31N5O4S/c1-4-18-7-5-6-8-20(18)26-23(31)16-28-11-13-29(14-12-28)17-30-25(35)34-24(27-30)19-9-10-21(32-2)22(15-19)33-3/h5-10,15H,4,11-14,16-17H2,1-3H3,(H,26,31). The minimum Gasteiger partial charge on any atom is -0.493 e. The largest absolute Gasteiger partial charge is 0.493 e. The molecule has 1 aliphatic heterocycles. The fourth-order valence-electron chi connectivity index (χ4n) is 4.10. The molecule has 0 unspecified atom stereocenters. The topological polar surface area (TPSA) is 85.0 Å². The zero-order chi connectivity index (χ0) is 24.8. The minimum absolute atomic E-state index is 0.0117. The van der Waals surface area contributed by atoms with Crippen molar-refractivity contribution in [3.63, 3.8) is 0 Å². The number of aromatic nitrogens is 2. The van der Waals surface area contributed by atoms with E-state index in [2.05, 4.69) is 27.1 Å². The average Bonchev–Trinajstić information content (AvgIpc) is 3.24. The Bertz CT molecular complexity index is 1220. The van der Waals surface area contributed by atoms with E-state index in [9.17, 15) is 4.79 Å². The molecule has 1 N–H and O–H groups in total. The molecule has 0 spiro atoms. The van der Waals surface area contributed by atoms with Gasteiger partial charge in [0.15, 0.2) is 11.5 Å². The lowest BCUT2D eigenvalue weighted by Gasteiger charge is -2.33. The number of nitrogens with zero attached hydrogens (tertiary/aromatic N) is 4. The van der Waals surface area contributed by atoms with Crippen LogP contribution in [0.4, 0.5) is 5.69 Å².